The molecule has 2 aromatic carbocycles. The Hall–Kier alpha value is -1.80. The van der Waals surface area contributed by atoms with Gasteiger partial charge in [0.05, 0.1) is 20.5 Å². The lowest BCUT2D eigenvalue weighted by molar-refractivity contribution is 0.0450. The van der Waals surface area contributed by atoms with Crippen molar-refractivity contribution in [3.05, 3.63) is 58.1 Å². The van der Waals surface area contributed by atoms with Crippen LogP contribution < -0.4 is 9.88 Å². The van der Waals surface area contributed by atoms with Gasteiger partial charge in [-0.2, -0.15) is 0 Å². The molecule has 0 aromatic heterocycles. The Labute approximate surface area is 149 Å². The Morgan fingerprint density at radius 1 is 1.04 bits per heavy atom. The zero-order chi connectivity index (χ0) is 17.7. The maximum atomic E-state index is 11.9. The van der Waals surface area contributed by atoms with Crippen LogP contribution in [0.5, 0.6) is 5.75 Å². The van der Waals surface area contributed by atoms with Crippen LogP contribution in [0.1, 0.15) is 10.4 Å². The van der Waals surface area contributed by atoms with Crippen LogP contribution in [-0.2, 0) is 14.8 Å². The average molecular weight is 390 g/mol. The van der Waals surface area contributed by atoms with Crippen molar-refractivity contribution >= 4 is 39.2 Å². The molecule has 0 saturated heterocycles. The minimum atomic E-state index is -3.74. The summed E-state index contributed by atoms with van der Waals surface area (Å²) in [5.41, 5.74) is 0.168. The molecule has 0 fully saturated rings. The molecule has 0 heterocycles. The van der Waals surface area contributed by atoms with Crippen LogP contribution in [0.15, 0.2) is 47.4 Å². The molecule has 0 atom stereocenters. The van der Waals surface area contributed by atoms with Crippen LogP contribution in [0.4, 0.5) is 0 Å². The highest BCUT2D eigenvalue weighted by molar-refractivity contribution is 7.89. The topological polar surface area (TPSA) is 95.7 Å². The molecule has 24 heavy (non-hydrogen) atoms. The van der Waals surface area contributed by atoms with E-state index in [-0.39, 0.29) is 33.7 Å². The van der Waals surface area contributed by atoms with Crippen LogP contribution in [0.3, 0.4) is 0 Å². The summed E-state index contributed by atoms with van der Waals surface area (Å²) in [4.78, 5) is 11.9. The molecular formula is C15H13Cl2NO5S. The Balaban J connectivity index is 1.84. The predicted molar refractivity (Wildman–Crippen MR) is 90.1 cm³/mol. The largest absolute Gasteiger partial charge is 0.490 e. The number of esters is 1. The molecule has 0 aliphatic heterocycles. The lowest BCUT2D eigenvalue weighted by Gasteiger charge is -2.09. The smallest absolute Gasteiger partial charge is 0.339 e. The van der Waals surface area contributed by atoms with E-state index in [2.05, 4.69) is 0 Å². The molecule has 0 spiro atoms. The first-order chi connectivity index (χ1) is 11.3. The number of rotatable bonds is 6. The monoisotopic (exact) mass is 389 g/mol. The maximum absolute atomic E-state index is 11.9. The third-order valence-electron chi connectivity index (χ3n) is 2.91. The molecular weight excluding hydrogens is 377 g/mol. The molecule has 6 nitrogen and oxygen atoms in total. The summed E-state index contributed by atoms with van der Waals surface area (Å²) < 4.78 is 32.6. The second kappa shape index (κ2) is 7.85. The van der Waals surface area contributed by atoms with E-state index in [1.807, 2.05) is 0 Å². The third-order valence-corrected chi connectivity index (χ3v) is 4.66. The van der Waals surface area contributed by atoms with E-state index in [0.717, 1.165) is 0 Å². The van der Waals surface area contributed by atoms with Gasteiger partial charge in [-0.15, -0.1) is 0 Å². The Bertz CT molecular complexity index is 837. The van der Waals surface area contributed by atoms with Crippen molar-refractivity contribution in [1.29, 1.82) is 0 Å². The number of sulfonamides is 1. The zero-order valence-electron chi connectivity index (χ0n) is 12.2. The zero-order valence-corrected chi connectivity index (χ0v) is 14.6. The molecule has 0 radical (unpaired) electrons. The first-order valence-corrected chi connectivity index (χ1v) is 8.96. The quantitative estimate of drug-likeness (QED) is 0.605. The van der Waals surface area contributed by atoms with Crippen molar-refractivity contribution in [3.8, 4) is 5.75 Å². The molecule has 0 aliphatic carbocycles. The fourth-order valence-electron chi connectivity index (χ4n) is 1.76. The minimum Gasteiger partial charge on any atom is -0.490 e. The molecule has 128 valence electrons. The highest BCUT2D eigenvalue weighted by Gasteiger charge is 2.14. The van der Waals surface area contributed by atoms with Crippen molar-refractivity contribution in [2.45, 2.75) is 4.90 Å². The van der Waals surface area contributed by atoms with E-state index in [1.54, 1.807) is 12.1 Å². The standard InChI is InChI=1S/C15H13Cl2NO5S/c16-13-3-1-2-12(14(13)17)15(19)23-9-8-22-10-4-6-11(7-5-10)24(18,20)21/h1-7H,8-9H2,(H2,18,20,21). The lowest BCUT2D eigenvalue weighted by Crippen LogP contribution is -2.13. The van der Waals surface area contributed by atoms with Crippen LogP contribution in [0, 0.1) is 0 Å². The SMILES string of the molecule is NS(=O)(=O)c1ccc(OCCOC(=O)c2cccc(Cl)c2Cl)cc1. The second-order valence-electron chi connectivity index (χ2n) is 4.60. The number of hydrogen-bond acceptors (Lipinski definition) is 5. The number of nitrogens with two attached hydrogens (primary N) is 1. The Kier molecular flexibility index (Phi) is 6.06. The number of carbonyl (C=O) groups is 1. The molecule has 0 amide bonds. The molecule has 0 bridgehead atoms. The van der Waals surface area contributed by atoms with Crippen molar-refractivity contribution in [2.75, 3.05) is 13.2 Å². The van der Waals surface area contributed by atoms with Gasteiger partial charge in [-0.1, -0.05) is 29.3 Å². The van der Waals surface area contributed by atoms with E-state index in [9.17, 15) is 13.2 Å². The summed E-state index contributed by atoms with van der Waals surface area (Å²) in [6.07, 6.45) is 0. The summed E-state index contributed by atoms with van der Waals surface area (Å²) in [5.74, 6) is -0.199. The maximum Gasteiger partial charge on any atom is 0.339 e. The highest BCUT2D eigenvalue weighted by Crippen LogP contribution is 2.26. The van der Waals surface area contributed by atoms with Gasteiger partial charge in [0.1, 0.15) is 19.0 Å². The van der Waals surface area contributed by atoms with Gasteiger partial charge >= 0.3 is 5.97 Å². The summed E-state index contributed by atoms with van der Waals surface area (Å²) >= 11 is 11.8. The molecule has 2 N–H and O–H groups in total. The number of ether oxygens (including phenoxy) is 2. The van der Waals surface area contributed by atoms with Crippen molar-refractivity contribution < 1.29 is 22.7 Å². The van der Waals surface area contributed by atoms with E-state index >= 15 is 0 Å². The van der Waals surface area contributed by atoms with Gasteiger partial charge in [-0.3, -0.25) is 0 Å². The Morgan fingerprint density at radius 2 is 1.71 bits per heavy atom. The summed E-state index contributed by atoms with van der Waals surface area (Å²) in [7, 11) is -3.74. The van der Waals surface area contributed by atoms with E-state index in [1.165, 1.54) is 30.3 Å². The lowest BCUT2D eigenvalue weighted by atomic mass is 10.2. The first kappa shape index (κ1) is 18.5. The van der Waals surface area contributed by atoms with Crippen LogP contribution in [0.25, 0.3) is 0 Å². The second-order valence-corrected chi connectivity index (χ2v) is 6.95. The van der Waals surface area contributed by atoms with Gasteiger partial charge in [-0.05, 0) is 36.4 Å². The van der Waals surface area contributed by atoms with Crippen molar-refractivity contribution in [1.82, 2.24) is 0 Å². The van der Waals surface area contributed by atoms with E-state index < -0.39 is 16.0 Å². The number of primary sulfonamides is 1. The molecule has 2 rings (SSSR count). The molecule has 0 unspecified atom stereocenters. The van der Waals surface area contributed by atoms with Gasteiger partial charge in [0.25, 0.3) is 0 Å². The van der Waals surface area contributed by atoms with Gasteiger partial charge in [0, 0.05) is 0 Å². The third kappa shape index (κ3) is 4.85. The van der Waals surface area contributed by atoms with Gasteiger partial charge in [0.2, 0.25) is 10.0 Å². The van der Waals surface area contributed by atoms with Crippen molar-refractivity contribution in [3.63, 3.8) is 0 Å². The van der Waals surface area contributed by atoms with E-state index in [4.69, 9.17) is 37.8 Å². The predicted octanol–water partition coefficient (Wildman–Crippen LogP) is 2.88. The van der Waals surface area contributed by atoms with Gasteiger partial charge in [0.15, 0.2) is 0 Å². The summed E-state index contributed by atoms with van der Waals surface area (Å²) in [6, 6.07) is 10.2. The molecule has 0 aliphatic rings. The molecule has 0 saturated carbocycles. The minimum absolute atomic E-state index is 0.0153. The molecule has 9 heteroatoms. The summed E-state index contributed by atoms with van der Waals surface area (Å²) in [6.45, 7) is 0.0667. The fraction of sp³-hybridized carbons (Fsp3) is 0.133. The van der Waals surface area contributed by atoms with Crippen molar-refractivity contribution in [2.24, 2.45) is 5.14 Å². The fourth-order valence-corrected chi connectivity index (χ4v) is 2.65. The summed E-state index contributed by atoms with van der Waals surface area (Å²) in [5, 5.41) is 5.38. The van der Waals surface area contributed by atoms with Crippen LogP contribution in [-0.4, -0.2) is 27.6 Å². The molecule has 2 aromatic rings. The number of halogens is 2. The van der Waals surface area contributed by atoms with Crippen LogP contribution in [0.2, 0.25) is 10.0 Å². The van der Waals surface area contributed by atoms with Gasteiger partial charge in [-0.25, -0.2) is 18.4 Å². The highest BCUT2D eigenvalue weighted by atomic mass is 35.5. The number of benzene rings is 2. The van der Waals surface area contributed by atoms with Crippen LogP contribution >= 0.6 is 23.2 Å². The average Bonchev–Trinajstić information content (AvgIpc) is 2.53. The van der Waals surface area contributed by atoms with E-state index in [0.29, 0.717) is 5.75 Å². The Morgan fingerprint density at radius 3 is 2.33 bits per heavy atom. The number of carbonyl (C=O) groups excluding carboxylic acids is 1. The first-order valence-electron chi connectivity index (χ1n) is 6.66. The van der Waals surface area contributed by atoms with Gasteiger partial charge < -0.3 is 9.47 Å². The number of hydrogen-bond donors (Lipinski definition) is 1. The normalized spacial score (nSPS) is 11.1.